The van der Waals surface area contributed by atoms with Crippen molar-refractivity contribution in [3.63, 3.8) is 0 Å². The second-order valence-electron chi connectivity index (χ2n) is 6.24. The quantitative estimate of drug-likeness (QED) is 0.772. The van der Waals surface area contributed by atoms with Crippen LogP contribution in [0, 0.1) is 5.82 Å². The lowest BCUT2D eigenvalue weighted by Gasteiger charge is -2.24. The van der Waals surface area contributed by atoms with Crippen LogP contribution >= 0.6 is 0 Å². The van der Waals surface area contributed by atoms with Gasteiger partial charge in [-0.2, -0.15) is 4.31 Å². The SMILES string of the molecule is CC(C)(C)OC(=O)N1c2ccccc2N(c2ccccc2F)S1=O. The highest BCUT2D eigenvalue weighted by Gasteiger charge is 2.41. The molecular formula is C17H17FN2O3S. The summed E-state index contributed by atoms with van der Waals surface area (Å²) in [7, 11) is 0. The molecule has 2 aromatic rings. The highest BCUT2D eigenvalue weighted by molar-refractivity contribution is 7.89. The van der Waals surface area contributed by atoms with E-state index in [0.717, 1.165) is 4.31 Å². The number of carbonyl (C=O) groups excluding carboxylic acids is 1. The summed E-state index contributed by atoms with van der Waals surface area (Å²) in [5.74, 6) is -0.522. The molecule has 0 aliphatic carbocycles. The third-order valence-corrected chi connectivity index (χ3v) is 4.63. The van der Waals surface area contributed by atoms with Crippen LogP contribution in [0.5, 0.6) is 0 Å². The zero-order valence-electron chi connectivity index (χ0n) is 13.5. The van der Waals surface area contributed by atoms with Gasteiger partial charge in [0.25, 0.3) is 0 Å². The van der Waals surface area contributed by atoms with E-state index in [1.54, 1.807) is 57.2 Å². The van der Waals surface area contributed by atoms with E-state index >= 15 is 0 Å². The second-order valence-corrected chi connectivity index (χ2v) is 7.43. The Morgan fingerprint density at radius 2 is 1.54 bits per heavy atom. The zero-order chi connectivity index (χ0) is 17.5. The van der Waals surface area contributed by atoms with Gasteiger partial charge in [-0.1, -0.05) is 24.3 Å². The van der Waals surface area contributed by atoms with Gasteiger partial charge in [-0.3, -0.25) is 0 Å². The molecule has 0 fully saturated rings. The van der Waals surface area contributed by atoms with Gasteiger partial charge in [0.15, 0.2) is 0 Å². The molecular weight excluding hydrogens is 331 g/mol. The van der Waals surface area contributed by atoms with Crippen molar-refractivity contribution < 1.29 is 18.1 Å². The van der Waals surface area contributed by atoms with Crippen LogP contribution in [-0.4, -0.2) is 15.9 Å². The van der Waals surface area contributed by atoms with Gasteiger partial charge in [0.1, 0.15) is 11.4 Å². The number of fused-ring (bicyclic) bond motifs is 1. The van der Waals surface area contributed by atoms with Gasteiger partial charge >= 0.3 is 6.09 Å². The van der Waals surface area contributed by atoms with Crippen molar-refractivity contribution >= 4 is 34.3 Å². The second kappa shape index (κ2) is 5.90. The summed E-state index contributed by atoms with van der Waals surface area (Å²) in [4.78, 5) is 12.5. The number of anilines is 3. The fraction of sp³-hybridized carbons (Fsp3) is 0.235. The number of benzene rings is 2. The van der Waals surface area contributed by atoms with Crippen LogP contribution in [0.4, 0.5) is 26.2 Å². The molecule has 5 nitrogen and oxygen atoms in total. The van der Waals surface area contributed by atoms with Gasteiger partial charge < -0.3 is 4.74 Å². The number of hydrogen-bond donors (Lipinski definition) is 0. The summed E-state index contributed by atoms with van der Waals surface area (Å²) >= 11 is -1.97. The largest absolute Gasteiger partial charge is 0.443 e. The Labute approximate surface area is 142 Å². The number of para-hydroxylation sites is 3. The molecule has 0 radical (unpaired) electrons. The average Bonchev–Trinajstić information content (AvgIpc) is 2.78. The lowest BCUT2D eigenvalue weighted by atomic mass is 10.2. The maximum absolute atomic E-state index is 14.2. The van der Waals surface area contributed by atoms with Gasteiger partial charge in [0.2, 0.25) is 11.2 Å². The number of ether oxygens (including phenoxy) is 1. The van der Waals surface area contributed by atoms with Crippen LogP contribution in [0.25, 0.3) is 0 Å². The first-order valence-corrected chi connectivity index (χ1v) is 8.45. The number of halogens is 1. The molecule has 1 aliphatic rings. The highest BCUT2D eigenvalue weighted by Crippen LogP contribution is 2.44. The molecule has 1 heterocycles. The monoisotopic (exact) mass is 348 g/mol. The Morgan fingerprint density at radius 3 is 2.12 bits per heavy atom. The van der Waals surface area contributed by atoms with Crippen LogP contribution < -0.4 is 8.61 Å². The van der Waals surface area contributed by atoms with Gasteiger partial charge in [0.05, 0.1) is 17.1 Å². The van der Waals surface area contributed by atoms with E-state index in [2.05, 4.69) is 0 Å². The Bertz CT molecular complexity index is 819. The predicted molar refractivity (Wildman–Crippen MR) is 91.8 cm³/mol. The number of hydrogen-bond acceptors (Lipinski definition) is 3. The van der Waals surface area contributed by atoms with Crippen molar-refractivity contribution in [3.05, 3.63) is 54.3 Å². The van der Waals surface area contributed by atoms with E-state index in [4.69, 9.17) is 4.74 Å². The molecule has 0 saturated heterocycles. The Hall–Kier alpha value is -2.41. The van der Waals surface area contributed by atoms with Crippen molar-refractivity contribution in [2.75, 3.05) is 8.61 Å². The normalized spacial score (nSPS) is 16.9. The van der Waals surface area contributed by atoms with E-state index < -0.39 is 28.7 Å². The molecule has 0 spiro atoms. The lowest BCUT2D eigenvalue weighted by Crippen LogP contribution is -2.39. The molecule has 0 bridgehead atoms. The van der Waals surface area contributed by atoms with Crippen molar-refractivity contribution in [1.29, 1.82) is 0 Å². The fourth-order valence-corrected chi connectivity index (χ4v) is 3.64. The standard InChI is InChI=1S/C17H17FN2O3S/c1-17(2,3)23-16(21)20-15-11-7-6-10-14(15)19(24(20)22)13-9-5-4-8-12(13)18/h4-11H,1-3H3. The highest BCUT2D eigenvalue weighted by atomic mass is 32.2. The molecule has 1 aliphatic heterocycles. The fourth-order valence-electron chi connectivity index (χ4n) is 2.35. The number of carbonyl (C=O) groups is 1. The molecule has 1 atom stereocenters. The summed E-state index contributed by atoms with van der Waals surface area (Å²) in [5, 5.41) is 0. The Kier molecular flexibility index (Phi) is 4.04. The van der Waals surface area contributed by atoms with Gasteiger partial charge in [-0.25, -0.2) is 17.7 Å². The Morgan fingerprint density at radius 1 is 1.00 bits per heavy atom. The maximum atomic E-state index is 14.2. The van der Waals surface area contributed by atoms with Gasteiger partial charge in [-0.05, 0) is 45.0 Å². The number of amides is 1. The van der Waals surface area contributed by atoms with Crippen LogP contribution in [0.15, 0.2) is 48.5 Å². The van der Waals surface area contributed by atoms with E-state index in [0.29, 0.717) is 11.4 Å². The molecule has 0 aromatic heterocycles. The predicted octanol–water partition coefficient (Wildman–Crippen LogP) is 4.30. The van der Waals surface area contributed by atoms with Crippen molar-refractivity contribution in [2.24, 2.45) is 0 Å². The summed E-state index contributed by atoms with van der Waals surface area (Å²) < 4.78 is 34.8. The summed E-state index contributed by atoms with van der Waals surface area (Å²) in [6, 6.07) is 12.8. The minimum atomic E-state index is -1.97. The maximum Gasteiger partial charge on any atom is 0.428 e. The first kappa shape index (κ1) is 16.4. The third kappa shape index (κ3) is 2.87. The zero-order valence-corrected chi connectivity index (χ0v) is 14.3. The first-order valence-electron chi connectivity index (χ1n) is 7.38. The molecule has 7 heteroatoms. The molecule has 2 aromatic carbocycles. The van der Waals surface area contributed by atoms with Gasteiger partial charge in [-0.15, -0.1) is 0 Å². The van der Waals surface area contributed by atoms with Crippen molar-refractivity contribution in [3.8, 4) is 0 Å². The molecule has 3 rings (SSSR count). The number of nitrogens with zero attached hydrogens (tertiary/aromatic N) is 2. The smallest absolute Gasteiger partial charge is 0.428 e. The van der Waals surface area contributed by atoms with Crippen LogP contribution in [0.1, 0.15) is 20.8 Å². The lowest BCUT2D eigenvalue weighted by molar-refractivity contribution is 0.0611. The molecule has 24 heavy (non-hydrogen) atoms. The van der Waals surface area contributed by atoms with E-state index in [9.17, 15) is 13.4 Å². The molecule has 1 unspecified atom stereocenters. The van der Waals surface area contributed by atoms with Crippen LogP contribution in [-0.2, 0) is 15.9 Å². The van der Waals surface area contributed by atoms with Gasteiger partial charge in [0, 0.05) is 0 Å². The summed E-state index contributed by atoms with van der Waals surface area (Å²) in [6.45, 7) is 5.18. The molecule has 0 saturated carbocycles. The first-order chi connectivity index (χ1) is 11.3. The average molecular weight is 348 g/mol. The van der Waals surface area contributed by atoms with Crippen molar-refractivity contribution in [2.45, 2.75) is 26.4 Å². The summed E-state index contributed by atoms with van der Waals surface area (Å²) in [6.07, 6.45) is -0.743. The third-order valence-electron chi connectivity index (χ3n) is 3.26. The molecule has 0 N–H and O–H groups in total. The van der Waals surface area contributed by atoms with E-state index in [1.165, 1.54) is 16.4 Å². The van der Waals surface area contributed by atoms with Crippen molar-refractivity contribution in [1.82, 2.24) is 0 Å². The minimum absolute atomic E-state index is 0.134. The Balaban J connectivity index is 2.08. The van der Waals surface area contributed by atoms with E-state index in [1.807, 2.05) is 0 Å². The minimum Gasteiger partial charge on any atom is -0.443 e. The summed E-state index contributed by atoms with van der Waals surface area (Å²) in [5.41, 5.74) is 0.288. The molecule has 126 valence electrons. The van der Waals surface area contributed by atoms with E-state index in [-0.39, 0.29) is 5.69 Å². The topological polar surface area (TPSA) is 49.9 Å². The number of rotatable bonds is 1. The van der Waals surface area contributed by atoms with Crippen LogP contribution in [0.3, 0.4) is 0 Å². The molecule has 1 amide bonds. The van der Waals surface area contributed by atoms with Crippen LogP contribution in [0.2, 0.25) is 0 Å².